The van der Waals surface area contributed by atoms with E-state index in [1.54, 1.807) is 19.1 Å². The lowest BCUT2D eigenvalue weighted by molar-refractivity contribution is 0.101. The minimum Gasteiger partial charge on any atom is -0.353 e. The van der Waals surface area contributed by atoms with Gasteiger partial charge in [-0.05, 0) is 50.2 Å². The maximum absolute atomic E-state index is 11.4. The minimum atomic E-state index is 0.0514. The summed E-state index contributed by atoms with van der Waals surface area (Å²) in [5.74, 6) is 2.54. The number of anilines is 4. The predicted octanol–water partition coefficient (Wildman–Crippen LogP) is 3.45. The predicted molar refractivity (Wildman–Crippen MR) is 115 cm³/mol. The highest BCUT2D eigenvalue weighted by molar-refractivity contribution is 5.94. The molecule has 1 fully saturated rings. The first kappa shape index (κ1) is 18.9. The lowest BCUT2D eigenvalue weighted by atomic mass is 10.1. The fourth-order valence-electron chi connectivity index (χ4n) is 3.39. The van der Waals surface area contributed by atoms with Crippen molar-refractivity contribution in [2.45, 2.75) is 13.8 Å². The van der Waals surface area contributed by atoms with Gasteiger partial charge in [-0.25, -0.2) is 9.97 Å². The van der Waals surface area contributed by atoms with Gasteiger partial charge in [0, 0.05) is 55.4 Å². The van der Waals surface area contributed by atoms with Gasteiger partial charge in [0.2, 0.25) is 5.95 Å². The molecule has 0 amide bonds. The zero-order valence-corrected chi connectivity index (χ0v) is 16.7. The van der Waals surface area contributed by atoms with Gasteiger partial charge < -0.3 is 15.1 Å². The van der Waals surface area contributed by atoms with E-state index < -0.39 is 0 Å². The minimum absolute atomic E-state index is 0.0514. The normalized spacial score (nSPS) is 14.0. The van der Waals surface area contributed by atoms with Crippen molar-refractivity contribution in [2.24, 2.45) is 0 Å². The summed E-state index contributed by atoms with van der Waals surface area (Å²) in [6.45, 7) is 7.08. The summed E-state index contributed by atoms with van der Waals surface area (Å²) in [6.07, 6.45) is 1.83. The van der Waals surface area contributed by atoms with E-state index in [4.69, 9.17) is 4.98 Å². The van der Waals surface area contributed by atoms with Gasteiger partial charge in [0.15, 0.2) is 5.78 Å². The number of hydrogen-bond donors (Lipinski definition) is 1. The molecule has 2 aromatic heterocycles. The van der Waals surface area contributed by atoms with Crippen LogP contribution in [0.5, 0.6) is 0 Å². The molecule has 1 aliphatic heterocycles. The van der Waals surface area contributed by atoms with Gasteiger partial charge in [-0.15, -0.1) is 0 Å². The highest BCUT2D eigenvalue weighted by Crippen LogP contribution is 2.21. The third kappa shape index (κ3) is 4.51. The first-order valence-electron chi connectivity index (χ1n) is 9.73. The molecule has 1 saturated heterocycles. The average Bonchev–Trinajstić information content (AvgIpc) is 2.74. The van der Waals surface area contributed by atoms with Gasteiger partial charge in [-0.1, -0.05) is 6.07 Å². The summed E-state index contributed by atoms with van der Waals surface area (Å²) in [7, 11) is 0. The van der Waals surface area contributed by atoms with Crippen LogP contribution in [0.1, 0.15) is 23.0 Å². The third-order valence-corrected chi connectivity index (χ3v) is 4.97. The molecule has 0 bridgehead atoms. The quantitative estimate of drug-likeness (QED) is 0.671. The fourth-order valence-corrected chi connectivity index (χ4v) is 3.39. The van der Waals surface area contributed by atoms with Crippen molar-refractivity contribution >= 4 is 29.1 Å². The van der Waals surface area contributed by atoms with E-state index in [0.717, 1.165) is 49.2 Å². The van der Waals surface area contributed by atoms with Crippen molar-refractivity contribution < 1.29 is 4.79 Å². The second-order valence-electron chi connectivity index (χ2n) is 7.11. The van der Waals surface area contributed by atoms with E-state index in [9.17, 15) is 4.79 Å². The summed E-state index contributed by atoms with van der Waals surface area (Å²) in [5, 5.41) is 3.24. The van der Waals surface area contributed by atoms with Gasteiger partial charge in [0.05, 0.1) is 0 Å². The molecule has 3 heterocycles. The summed E-state index contributed by atoms with van der Waals surface area (Å²) in [5.41, 5.74) is 2.45. The Labute approximate surface area is 170 Å². The summed E-state index contributed by atoms with van der Waals surface area (Å²) >= 11 is 0. The maximum atomic E-state index is 11.4. The molecule has 4 rings (SSSR count). The molecule has 0 unspecified atom stereocenters. The van der Waals surface area contributed by atoms with Crippen molar-refractivity contribution in [3.63, 3.8) is 0 Å². The smallest absolute Gasteiger partial charge is 0.229 e. The number of hydrogen-bond acceptors (Lipinski definition) is 7. The van der Waals surface area contributed by atoms with Gasteiger partial charge >= 0.3 is 0 Å². The van der Waals surface area contributed by atoms with Crippen LogP contribution in [0, 0.1) is 6.92 Å². The monoisotopic (exact) mass is 388 g/mol. The SMILES string of the molecule is CC(=O)c1ccc(Nc2nc(C)cc(N3CCN(c4ccccn4)CC3)n2)cc1. The van der Waals surface area contributed by atoms with Crippen LogP contribution in [0.15, 0.2) is 54.7 Å². The van der Waals surface area contributed by atoms with Gasteiger partial charge in [-0.2, -0.15) is 4.98 Å². The molecule has 148 valence electrons. The van der Waals surface area contributed by atoms with Crippen LogP contribution in [0.4, 0.5) is 23.3 Å². The van der Waals surface area contributed by atoms with Crippen molar-refractivity contribution in [2.75, 3.05) is 41.3 Å². The summed E-state index contributed by atoms with van der Waals surface area (Å²) in [4.78, 5) is 29.7. The Balaban J connectivity index is 1.45. The van der Waals surface area contributed by atoms with E-state index in [1.807, 2.05) is 49.5 Å². The van der Waals surface area contributed by atoms with Crippen LogP contribution >= 0.6 is 0 Å². The third-order valence-electron chi connectivity index (χ3n) is 4.97. The summed E-state index contributed by atoms with van der Waals surface area (Å²) in [6, 6.07) is 15.4. The Hall–Kier alpha value is -3.48. The standard InChI is InChI=1S/C22H24N6O/c1-16-15-21(28-13-11-27(12-14-28)20-5-3-4-10-23-20)26-22(24-16)25-19-8-6-18(7-9-19)17(2)29/h3-10,15H,11-14H2,1-2H3,(H,24,25,26). The first-order valence-corrected chi connectivity index (χ1v) is 9.73. The highest BCUT2D eigenvalue weighted by Gasteiger charge is 2.19. The second-order valence-corrected chi connectivity index (χ2v) is 7.11. The number of rotatable bonds is 5. The summed E-state index contributed by atoms with van der Waals surface area (Å²) < 4.78 is 0. The van der Waals surface area contributed by atoms with Crippen LogP contribution in [-0.2, 0) is 0 Å². The molecule has 7 nitrogen and oxygen atoms in total. The van der Waals surface area contributed by atoms with Crippen LogP contribution in [0.25, 0.3) is 0 Å². The number of nitrogens with one attached hydrogen (secondary N) is 1. The lowest BCUT2D eigenvalue weighted by Crippen LogP contribution is -2.47. The molecule has 29 heavy (non-hydrogen) atoms. The van der Waals surface area contributed by atoms with Crippen molar-refractivity contribution in [3.8, 4) is 0 Å². The number of piperazine rings is 1. The molecule has 0 saturated carbocycles. The Bertz CT molecular complexity index is 982. The number of pyridine rings is 1. The average molecular weight is 388 g/mol. The molecule has 0 spiro atoms. The van der Waals surface area contributed by atoms with Crippen LogP contribution in [0.2, 0.25) is 0 Å². The van der Waals surface area contributed by atoms with Gasteiger partial charge in [0.1, 0.15) is 11.6 Å². The number of aromatic nitrogens is 3. The molecule has 7 heteroatoms. The molecule has 1 aliphatic rings. The van der Waals surface area contributed by atoms with E-state index in [1.165, 1.54) is 0 Å². The first-order chi connectivity index (χ1) is 14.1. The number of Topliss-reactive ketones (excluding diaryl/α,β-unsaturated/α-hetero) is 1. The highest BCUT2D eigenvalue weighted by atomic mass is 16.1. The number of carbonyl (C=O) groups excluding carboxylic acids is 1. The Morgan fingerprint density at radius 1 is 0.931 bits per heavy atom. The van der Waals surface area contributed by atoms with Gasteiger partial charge in [-0.3, -0.25) is 4.79 Å². The number of nitrogens with zero attached hydrogens (tertiary/aromatic N) is 5. The zero-order chi connectivity index (χ0) is 20.2. The Kier molecular flexibility index (Phi) is 5.37. The number of ketones is 1. The number of carbonyl (C=O) groups is 1. The topological polar surface area (TPSA) is 74.2 Å². The maximum Gasteiger partial charge on any atom is 0.229 e. The van der Waals surface area contributed by atoms with E-state index in [0.29, 0.717) is 11.5 Å². The van der Waals surface area contributed by atoms with Crippen LogP contribution in [-0.4, -0.2) is 46.9 Å². The van der Waals surface area contributed by atoms with Gasteiger partial charge in [0.25, 0.3) is 0 Å². The van der Waals surface area contributed by atoms with E-state index >= 15 is 0 Å². The number of benzene rings is 1. The van der Waals surface area contributed by atoms with E-state index in [-0.39, 0.29) is 5.78 Å². The Morgan fingerprint density at radius 3 is 2.24 bits per heavy atom. The zero-order valence-electron chi connectivity index (χ0n) is 16.7. The van der Waals surface area contributed by atoms with E-state index in [2.05, 4.69) is 25.1 Å². The molecule has 0 atom stereocenters. The molecular formula is C22H24N6O. The largest absolute Gasteiger partial charge is 0.353 e. The lowest BCUT2D eigenvalue weighted by Gasteiger charge is -2.36. The van der Waals surface area contributed by atoms with Crippen molar-refractivity contribution in [1.29, 1.82) is 0 Å². The molecule has 0 aliphatic carbocycles. The second kappa shape index (κ2) is 8.26. The van der Waals surface area contributed by atoms with Crippen molar-refractivity contribution in [1.82, 2.24) is 15.0 Å². The molecular weight excluding hydrogens is 364 g/mol. The molecule has 3 aromatic rings. The fraction of sp³-hybridized carbons (Fsp3) is 0.273. The van der Waals surface area contributed by atoms with Crippen LogP contribution < -0.4 is 15.1 Å². The molecule has 0 radical (unpaired) electrons. The van der Waals surface area contributed by atoms with Crippen LogP contribution in [0.3, 0.4) is 0 Å². The number of aryl methyl sites for hydroxylation is 1. The molecule has 1 aromatic carbocycles. The molecule has 1 N–H and O–H groups in total. The Morgan fingerprint density at radius 2 is 1.62 bits per heavy atom. The van der Waals surface area contributed by atoms with Crippen molar-refractivity contribution in [3.05, 3.63) is 66.0 Å².